The van der Waals surface area contributed by atoms with Gasteiger partial charge >= 0.3 is 0 Å². The van der Waals surface area contributed by atoms with E-state index in [-0.39, 0.29) is 18.0 Å². The Morgan fingerprint density at radius 2 is 2.28 bits per heavy atom. The maximum absolute atomic E-state index is 12.4. The first-order valence-electron chi connectivity index (χ1n) is 6.30. The molecule has 0 saturated carbocycles. The maximum Gasteiger partial charge on any atom is 0.244 e. The van der Waals surface area contributed by atoms with Gasteiger partial charge < -0.3 is 10.6 Å². The van der Waals surface area contributed by atoms with Crippen LogP contribution in [0.1, 0.15) is 18.9 Å². The molecule has 0 spiro atoms. The molecule has 18 heavy (non-hydrogen) atoms. The van der Waals surface area contributed by atoms with E-state index in [1.54, 1.807) is 11.8 Å². The number of anilines is 1. The Balaban J connectivity index is 2.15. The number of benzene rings is 1. The molecule has 1 aromatic rings. The van der Waals surface area contributed by atoms with Crippen molar-refractivity contribution in [1.82, 2.24) is 0 Å². The molecule has 2 rings (SSSR count). The summed E-state index contributed by atoms with van der Waals surface area (Å²) in [7, 11) is 0. The maximum atomic E-state index is 12.4. The first-order chi connectivity index (χ1) is 8.65. The van der Waals surface area contributed by atoms with E-state index in [4.69, 9.17) is 5.73 Å². The molecule has 2 atom stereocenters. The van der Waals surface area contributed by atoms with Gasteiger partial charge in [-0.3, -0.25) is 4.79 Å². The molecule has 3 nitrogen and oxygen atoms in total. The van der Waals surface area contributed by atoms with Gasteiger partial charge in [-0.2, -0.15) is 11.8 Å². The number of nitrogens with zero attached hydrogens (tertiary/aromatic N) is 1. The summed E-state index contributed by atoms with van der Waals surface area (Å²) in [6.07, 6.45) is 3.70. The van der Waals surface area contributed by atoms with Crippen molar-refractivity contribution in [3.05, 3.63) is 29.8 Å². The lowest BCUT2D eigenvalue weighted by Crippen LogP contribution is -2.46. The summed E-state index contributed by atoms with van der Waals surface area (Å²) in [5.41, 5.74) is 8.28. The van der Waals surface area contributed by atoms with Crippen molar-refractivity contribution in [3.8, 4) is 0 Å². The molecule has 2 N–H and O–H groups in total. The molecule has 1 unspecified atom stereocenters. The van der Waals surface area contributed by atoms with Crippen LogP contribution in [0.3, 0.4) is 0 Å². The number of thioether (sulfide) groups is 1. The average molecular weight is 264 g/mol. The molecule has 1 aliphatic rings. The molecule has 1 aliphatic heterocycles. The Bertz CT molecular complexity index is 436. The quantitative estimate of drug-likeness (QED) is 0.905. The molecule has 1 amide bonds. The number of carbonyl (C=O) groups is 1. The summed E-state index contributed by atoms with van der Waals surface area (Å²) in [6, 6.07) is 7.93. The third-order valence-corrected chi connectivity index (χ3v) is 4.04. The van der Waals surface area contributed by atoms with Crippen molar-refractivity contribution < 1.29 is 4.79 Å². The number of carbonyl (C=O) groups excluding carboxylic acids is 1. The van der Waals surface area contributed by atoms with Crippen molar-refractivity contribution in [3.63, 3.8) is 0 Å². The molecule has 1 heterocycles. The van der Waals surface area contributed by atoms with Crippen LogP contribution in [0.25, 0.3) is 0 Å². The predicted octanol–water partition coefficient (Wildman–Crippen LogP) is 2.04. The van der Waals surface area contributed by atoms with Crippen LogP contribution in [0.2, 0.25) is 0 Å². The molecule has 0 radical (unpaired) electrons. The van der Waals surface area contributed by atoms with Gasteiger partial charge in [-0.05, 0) is 43.4 Å². The average Bonchev–Trinajstić information content (AvgIpc) is 2.70. The van der Waals surface area contributed by atoms with Crippen molar-refractivity contribution >= 4 is 23.4 Å². The highest BCUT2D eigenvalue weighted by atomic mass is 32.2. The van der Waals surface area contributed by atoms with E-state index in [1.807, 2.05) is 29.4 Å². The van der Waals surface area contributed by atoms with Gasteiger partial charge in [0.15, 0.2) is 0 Å². The molecule has 0 saturated heterocycles. The van der Waals surface area contributed by atoms with Crippen LogP contribution in [0.5, 0.6) is 0 Å². The highest BCUT2D eigenvalue weighted by Gasteiger charge is 2.32. The largest absolute Gasteiger partial charge is 0.320 e. The molecule has 0 aliphatic carbocycles. The number of hydrogen-bond acceptors (Lipinski definition) is 3. The normalized spacial score (nSPS) is 19.7. The number of para-hydroxylation sites is 1. The van der Waals surface area contributed by atoms with Crippen molar-refractivity contribution in [2.75, 3.05) is 16.9 Å². The van der Waals surface area contributed by atoms with E-state index in [1.165, 1.54) is 5.56 Å². The second-order valence-corrected chi connectivity index (χ2v) is 5.76. The van der Waals surface area contributed by atoms with Gasteiger partial charge in [-0.1, -0.05) is 18.2 Å². The van der Waals surface area contributed by atoms with Gasteiger partial charge in [0.25, 0.3) is 0 Å². The first kappa shape index (κ1) is 13.4. The molecule has 4 heteroatoms. The van der Waals surface area contributed by atoms with Gasteiger partial charge in [0.2, 0.25) is 5.91 Å². The zero-order valence-corrected chi connectivity index (χ0v) is 11.7. The third kappa shape index (κ3) is 2.54. The van der Waals surface area contributed by atoms with Crippen LogP contribution in [0, 0.1) is 0 Å². The Morgan fingerprint density at radius 1 is 1.56 bits per heavy atom. The van der Waals surface area contributed by atoms with Crippen LogP contribution in [-0.4, -0.2) is 30.0 Å². The summed E-state index contributed by atoms with van der Waals surface area (Å²) >= 11 is 1.73. The number of rotatable bonds is 4. The minimum absolute atomic E-state index is 0.0569. The van der Waals surface area contributed by atoms with E-state index >= 15 is 0 Å². The number of hydrogen-bond donors (Lipinski definition) is 1. The second-order valence-electron chi connectivity index (χ2n) is 4.78. The zero-order valence-electron chi connectivity index (χ0n) is 10.9. The summed E-state index contributed by atoms with van der Waals surface area (Å²) in [5.74, 6) is 0.984. The predicted molar refractivity (Wildman–Crippen MR) is 78.1 cm³/mol. The van der Waals surface area contributed by atoms with Gasteiger partial charge in [0.05, 0.1) is 6.04 Å². The lowest BCUT2D eigenvalue weighted by atomic mass is 10.1. The first-order valence-corrected chi connectivity index (χ1v) is 7.70. The molecule has 98 valence electrons. The van der Waals surface area contributed by atoms with Gasteiger partial charge in [-0.15, -0.1) is 0 Å². The molecule has 0 fully saturated rings. The molecular weight excluding hydrogens is 244 g/mol. The molecular formula is C14H20N2OS. The smallest absolute Gasteiger partial charge is 0.244 e. The minimum atomic E-state index is -0.383. The van der Waals surface area contributed by atoms with Crippen LogP contribution in [0.15, 0.2) is 24.3 Å². The van der Waals surface area contributed by atoms with Crippen LogP contribution >= 0.6 is 11.8 Å². The fourth-order valence-electron chi connectivity index (χ4n) is 2.45. The van der Waals surface area contributed by atoms with E-state index in [0.717, 1.165) is 24.3 Å². The minimum Gasteiger partial charge on any atom is -0.320 e. The fourth-order valence-corrected chi connectivity index (χ4v) is 2.94. The Labute approximate surface area is 113 Å². The topological polar surface area (TPSA) is 46.3 Å². The SMILES string of the molecule is CSCC[C@@H](N)C(=O)N1c2ccccc2CC1C. The number of fused-ring (bicyclic) bond motifs is 1. The second kappa shape index (κ2) is 5.76. The van der Waals surface area contributed by atoms with Gasteiger partial charge in [0, 0.05) is 11.7 Å². The number of nitrogens with two attached hydrogens (primary N) is 1. The third-order valence-electron chi connectivity index (χ3n) is 3.39. The highest BCUT2D eigenvalue weighted by molar-refractivity contribution is 7.98. The summed E-state index contributed by atoms with van der Waals surface area (Å²) in [6.45, 7) is 2.08. The van der Waals surface area contributed by atoms with E-state index < -0.39 is 0 Å². The summed E-state index contributed by atoms with van der Waals surface area (Å²) < 4.78 is 0. The molecule has 0 bridgehead atoms. The Morgan fingerprint density at radius 3 is 3.00 bits per heavy atom. The number of amides is 1. The van der Waals surface area contributed by atoms with Crippen molar-refractivity contribution in [1.29, 1.82) is 0 Å². The fraction of sp³-hybridized carbons (Fsp3) is 0.500. The highest BCUT2D eigenvalue weighted by Crippen LogP contribution is 2.32. The van der Waals surface area contributed by atoms with Crippen LogP contribution in [-0.2, 0) is 11.2 Å². The van der Waals surface area contributed by atoms with Crippen molar-refractivity contribution in [2.45, 2.75) is 31.8 Å². The van der Waals surface area contributed by atoms with E-state index in [2.05, 4.69) is 13.0 Å². The van der Waals surface area contributed by atoms with Gasteiger partial charge in [0.1, 0.15) is 0 Å². The molecule has 1 aromatic carbocycles. The van der Waals surface area contributed by atoms with Crippen LogP contribution in [0.4, 0.5) is 5.69 Å². The lowest BCUT2D eigenvalue weighted by Gasteiger charge is -2.25. The summed E-state index contributed by atoms with van der Waals surface area (Å²) in [5, 5.41) is 0. The van der Waals surface area contributed by atoms with Crippen LogP contribution < -0.4 is 10.6 Å². The molecule has 0 aromatic heterocycles. The summed E-state index contributed by atoms with van der Waals surface area (Å²) in [4.78, 5) is 14.3. The lowest BCUT2D eigenvalue weighted by molar-refractivity contribution is -0.120. The standard InChI is InChI=1S/C14H20N2OS/c1-10-9-11-5-3-4-6-13(11)16(10)14(17)12(15)7-8-18-2/h3-6,10,12H,7-9,15H2,1-2H3/t10?,12-/m1/s1. The monoisotopic (exact) mass is 264 g/mol. The zero-order chi connectivity index (χ0) is 13.1. The Kier molecular flexibility index (Phi) is 4.30. The van der Waals surface area contributed by atoms with Gasteiger partial charge in [-0.25, -0.2) is 0 Å². The van der Waals surface area contributed by atoms with E-state index in [9.17, 15) is 4.79 Å². The van der Waals surface area contributed by atoms with E-state index in [0.29, 0.717) is 0 Å². The Hall–Kier alpha value is -1.00. The van der Waals surface area contributed by atoms with Crippen molar-refractivity contribution in [2.24, 2.45) is 5.73 Å².